The van der Waals surface area contributed by atoms with Gasteiger partial charge in [-0.3, -0.25) is 4.90 Å². The van der Waals surface area contributed by atoms with Crippen molar-refractivity contribution in [2.24, 2.45) is 0 Å². The molecule has 0 amide bonds. The van der Waals surface area contributed by atoms with Crippen LogP contribution in [0.3, 0.4) is 0 Å². The van der Waals surface area contributed by atoms with Crippen LogP contribution in [-0.4, -0.2) is 35.0 Å². The Hall–Kier alpha value is -1.52. The van der Waals surface area contributed by atoms with Crippen molar-refractivity contribution in [2.75, 3.05) is 20.1 Å². The average molecular weight is 232 g/mol. The monoisotopic (exact) mass is 232 g/mol. The average Bonchev–Trinajstić information content (AvgIpc) is 2.96. The van der Waals surface area contributed by atoms with Crippen LogP contribution in [0, 0.1) is 0 Å². The molecule has 92 valence electrons. The van der Waals surface area contributed by atoms with Gasteiger partial charge in [0.05, 0.1) is 0 Å². The Bertz CT molecular complexity index is 391. The number of rotatable bonds is 7. The second-order valence-corrected chi connectivity index (χ2v) is 4.31. The van der Waals surface area contributed by atoms with Gasteiger partial charge >= 0.3 is 0 Å². The lowest BCUT2D eigenvalue weighted by molar-refractivity contribution is 0.320. The first-order valence-corrected chi connectivity index (χ1v) is 5.98. The molecule has 0 saturated heterocycles. The van der Waals surface area contributed by atoms with E-state index in [1.807, 2.05) is 24.5 Å². The summed E-state index contributed by atoms with van der Waals surface area (Å²) in [7, 11) is 2.14. The Morgan fingerprint density at radius 3 is 2.47 bits per heavy atom. The van der Waals surface area contributed by atoms with Gasteiger partial charge in [-0.05, 0) is 31.3 Å². The molecule has 3 N–H and O–H groups in total. The molecule has 0 radical (unpaired) electrons. The highest BCUT2D eigenvalue weighted by molar-refractivity contribution is 5.03. The molecule has 2 rings (SSSR count). The van der Waals surface area contributed by atoms with Gasteiger partial charge in [0.25, 0.3) is 0 Å². The minimum absolute atomic E-state index is 0.906. The highest BCUT2D eigenvalue weighted by atomic mass is 15.1. The number of hydrogen-bond donors (Lipinski definition) is 3. The predicted octanol–water partition coefficient (Wildman–Crippen LogP) is 1.56. The van der Waals surface area contributed by atoms with E-state index in [-0.39, 0.29) is 0 Å². The van der Waals surface area contributed by atoms with Crippen molar-refractivity contribution in [3.8, 4) is 0 Å². The fraction of sp³-hybridized carbons (Fsp3) is 0.385. The Labute approximate surface area is 102 Å². The molecule has 0 spiro atoms. The first-order chi connectivity index (χ1) is 8.34. The van der Waals surface area contributed by atoms with Gasteiger partial charge < -0.3 is 15.3 Å². The zero-order valence-electron chi connectivity index (χ0n) is 10.2. The maximum Gasteiger partial charge on any atom is 0.0382 e. The molecule has 2 aromatic rings. The molecule has 17 heavy (non-hydrogen) atoms. The molecule has 0 unspecified atom stereocenters. The van der Waals surface area contributed by atoms with Crippen LogP contribution in [0.2, 0.25) is 0 Å². The summed E-state index contributed by atoms with van der Waals surface area (Å²) in [5.74, 6) is 0. The van der Waals surface area contributed by atoms with Gasteiger partial charge in [-0.1, -0.05) is 0 Å². The van der Waals surface area contributed by atoms with Gasteiger partial charge in [0.1, 0.15) is 0 Å². The number of hydrogen-bond acceptors (Lipinski definition) is 2. The highest BCUT2D eigenvalue weighted by Crippen LogP contribution is 1.98. The summed E-state index contributed by atoms with van der Waals surface area (Å²) in [6.45, 7) is 3.91. The van der Waals surface area contributed by atoms with Crippen LogP contribution in [0.1, 0.15) is 11.4 Å². The van der Waals surface area contributed by atoms with Crippen LogP contribution in [-0.2, 0) is 13.1 Å². The Morgan fingerprint density at radius 2 is 1.82 bits per heavy atom. The molecule has 4 nitrogen and oxygen atoms in total. The van der Waals surface area contributed by atoms with Crippen LogP contribution < -0.4 is 5.32 Å². The normalized spacial score (nSPS) is 11.2. The van der Waals surface area contributed by atoms with Gasteiger partial charge in [-0.15, -0.1) is 0 Å². The number of nitrogens with one attached hydrogen (secondary N) is 3. The quantitative estimate of drug-likeness (QED) is 0.635. The molecular weight excluding hydrogens is 212 g/mol. The maximum atomic E-state index is 3.42. The summed E-state index contributed by atoms with van der Waals surface area (Å²) in [6.07, 6.45) is 3.92. The second-order valence-electron chi connectivity index (χ2n) is 4.31. The third-order valence-corrected chi connectivity index (χ3v) is 2.75. The van der Waals surface area contributed by atoms with Crippen LogP contribution in [0.5, 0.6) is 0 Å². The maximum absolute atomic E-state index is 3.42. The highest BCUT2D eigenvalue weighted by Gasteiger charge is 2.00. The van der Waals surface area contributed by atoms with Gasteiger partial charge in [0.15, 0.2) is 0 Å². The molecule has 4 heteroatoms. The summed E-state index contributed by atoms with van der Waals surface area (Å²) in [5.41, 5.74) is 2.49. The van der Waals surface area contributed by atoms with E-state index < -0.39 is 0 Å². The number of nitrogens with zero attached hydrogens (tertiary/aromatic N) is 1. The van der Waals surface area contributed by atoms with Crippen LogP contribution in [0.25, 0.3) is 0 Å². The molecule has 0 aliphatic heterocycles. The van der Waals surface area contributed by atoms with Crippen molar-refractivity contribution < 1.29 is 0 Å². The van der Waals surface area contributed by atoms with Crippen molar-refractivity contribution in [3.05, 3.63) is 48.0 Å². The number of H-pyrrole nitrogens is 2. The predicted molar refractivity (Wildman–Crippen MR) is 69.6 cm³/mol. The lowest BCUT2D eigenvalue weighted by Crippen LogP contribution is -2.28. The lowest BCUT2D eigenvalue weighted by Gasteiger charge is -2.15. The summed E-state index contributed by atoms with van der Waals surface area (Å²) < 4.78 is 0. The lowest BCUT2D eigenvalue weighted by atomic mass is 10.4. The van der Waals surface area contributed by atoms with E-state index in [0.29, 0.717) is 0 Å². The van der Waals surface area contributed by atoms with Crippen LogP contribution in [0.4, 0.5) is 0 Å². The minimum Gasteiger partial charge on any atom is -0.364 e. The van der Waals surface area contributed by atoms with E-state index in [1.54, 1.807) is 0 Å². The van der Waals surface area contributed by atoms with E-state index in [4.69, 9.17) is 0 Å². The zero-order chi connectivity index (χ0) is 11.9. The van der Waals surface area contributed by atoms with Crippen molar-refractivity contribution in [1.82, 2.24) is 20.2 Å². The summed E-state index contributed by atoms with van der Waals surface area (Å²) in [4.78, 5) is 8.69. The molecule has 2 aromatic heterocycles. The molecule has 0 fully saturated rings. The Balaban J connectivity index is 1.58. The zero-order valence-corrected chi connectivity index (χ0v) is 10.2. The van der Waals surface area contributed by atoms with Gasteiger partial charge in [0, 0.05) is 50.0 Å². The molecule has 2 heterocycles. The summed E-state index contributed by atoms with van der Waals surface area (Å²) in [5, 5.41) is 3.42. The third-order valence-electron chi connectivity index (χ3n) is 2.75. The molecule has 0 atom stereocenters. The van der Waals surface area contributed by atoms with Crippen molar-refractivity contribution >= 4 is 0 Å². The minimum atomic E-state index is 0.906. The molecule has 0 bridgehead atoms. The van der Waals surface area contributed by atoms with Crippen molar-refractivity contribution in [1.29, 1.82) is 0 Å². The number of aromatic amines is 2. The van der Waals surface area contributed by atoms with E-state index in [0.717, 1.165) is 26.2 Å². The summed E-state index contributed by atoms with van der Waals surface area (Å²) >= 11 is 0. The first-order valence-electron chi connectivity index (χ1n) is 5.98. The van der Waals surface area contributed by atoms with Crippen molar-refractivity contribution in [3.63, 3.8) is 0 Å². The van der Waals surface area contributed by atoms with Crippen LogP contribution in [0.15, 0.2) is 36.7 Å². The van der Waals surface area contributed by atoms with E-state index >= 15 is 0 Å². The van der Waals surface area contributed by atoms with Crippen molar-refractivity contribution in [2.45, 2.75) is 13.1 Å². The molecular formula is C13H20N4. The molecule has 0 aliphatic carbocycles. The van der Waals surface area contributed by atoms with Gasteiger partial charge in [-0.2, -0.15) is 0 Å². The topological polar surface area (TPSA) is 46.8 Å². The fourth-order valence-electron chi connectivity index (χ4n) is 1.81. The van der Waals surface area contributed by atoms with Gasteiger partial charge in [0.2, 0.25) is 0 Å². The number of likely N-dealkylation sites (N-methyl/N-ethyl adjacent to an activating group) is 1. The van der Waals surface area contributed by atoms with E-state index in [1.165, 1.54) is 11.4 Å². The molecule has 0 aromatic carbocycles. The SMILES string of the molecule is CN(CCNCc1ccc[nH]1)Cc1ccc[nH]1. The second kappa shape index (κ2) is 6.27. The smallest absolute Gasteiger partial charge is 0.0382 e. The third kappa shape index (κ3) is 4.09. The number of aromatic nitrogens is 2. The van der Waals surface area contributed by atoms with Gasteiger partial charge in [-0.25, -0.2) is 0 Å². The van der Waals surface area contributed by atoms with E-state index in [9.17, 15) is 0 Å². The van der Waals surface area contributed by atoms with E-state index in [2.05, 4.69) is 39.4 Å². The Kier molecular flexibility index (Phi) is 4.41. The standard InChI is InChI=1S/C13H20N4/c1-17(11-13-5-3-7-16-13)9-8-14-10-12-4-2-6-15-12/h2-7,14-16H,8-11H2,1H3. The molecule has 0 saturated carbocycles. The fourth-order valence-corrected chi connectivity index (χ4v) is 1.81. The molecule has 0 aliphatic rings. The Morgan fingerprint density at radius 1 is 1.12 bits per heavy atom. The first kappa shape index (κ1) is 12.0. The summed E-state index contributed by atoms with van der Waals surface area (Å²) in [6, 6.07) is 8.26. The van der Waals surface area contributed by atoms with Crippen LogP contribution >= 0.6 is 0 Å². The largest absolute Gasteiger partial charge is 0.364 e.